The SMILES string of the molecule is CC1(C)CC(=O)N(c2cc(Br)ccc2C(N)=S)C1=O. The molecule has 0 spiro atoms. The molecule has 1 aliphatic rings. The van der Waals surface area contributed by atoms with Gasteiger partial charge >= 0.3 is 0 Å². The van der Waals surface area contributed by atoms with Gasteiger partial charge in [0.15, 0.2) is 0 Å². The minimum absolute atomic E-state index is 0.160. The van der Waals surface area contributed by atoms with Gasteiger partial charge in [0, 0.05) is 16.5 Å². The van der Waals surface area contributed by atoms with Crippen LogP contribution in [-0.2, 0) is 9.59 Å². The highest BCUT2D eigenvalue weighted by Gasteiger charge is 2.46. The van der Waals surface area contributed by atoms with E-state index in [1.807, 2.05) is 0 Å². The maximum absolute atomic E-state index is 12.3. The summed E-state index contributed by atoms with van der Waals surface area (Å²) in [5.74, 6) is -0.460. The Morgan fingerprint density at radius 1 is 1.42 bits per heavy atom. The van der Waals surface area contributed by atoms with Crippen molar-refractivity contribution in [3.8, 4) is 0 Å². The van der Waals surface area contributed by atoms with Crippen LogP contribution in [0.25, 0.3) is 0 Å². The summed E-state index contributed by atoms with van der Waals surface area (Å²) in [6, 6.07) is 5.16. The summed E-state index contributed by atoms with van der Waals surface area (Å²) in [7, 11) is 0. The van der Waals surface area contributed by atoms with Crippen LogP contribution in [-0.4, -0.2) is 16.8 Å². The fourth-order valence-electron chi connectivity index (χ4n) is 2.09. The highest BCUT2D eigenvalue weighted by molar-refractivity contribution is 9.10. The Morgan fingerprint density at radius 3 is 2.53 bits per heavy atom. The van der Waals surface area contributed by atoms with Crippen molar-refractivity contribution in [2.45, 2.75) is 20.3 Å². The number of hydrogen-bond donors (Lipinski definition) is 1. The molecule has 1 saturated heterocycles. The van der Waals surface area contributed by atoms with Crippen molar-refractivity contribution in [1.82, 2.24) is 0 Å². The highest BCUT2D eigenvalue weighted by Crippen LogP contribution is 2.37. The first kappa shape index (κ1) is 14.1. The Morgan fingerprint density at radius 2 is 2.05 bits per heavy atom. The molecule has 0 bridgehead atoms. The number of nitrogens with two attached hydrogens (primary N) is 1. The third kappa shape index (κ3) is 2.42. The lowest BCUT2D eigenvalue weighted by Gasteiger charge is -2.20. The largest absolute Gasteiger partial charge is 0.389 e. The number of carbonyl (C=O) groups excluding carboxylic acids is 2. The van der Waals surface area contributed by atoms with Gasteiger partial charge in [-0.15, -0.1) is 0 Å². The number of anilines is 1. The van der Waals surface area contributed by atoms with E-state index < -0.39 is 5.41 Å². The predicted molar refractivity (Wildman–Crippen MR) is 80.9 cm³/mol. The van der Waals surface area contributed by atoms with Crippen LogP contribution in [0, 0.1) is 5.41 Å². The highest BCUT2D eigenvalue weighted by atomic mass is 79.9. The molecule has 0 aromatic heterocycles. The van der Waals surface area contributed by atoms with Crippen molar-refractivity contribution >= 4 is 50.6 Å². The van der Waals surface area contributed by atoms with E-state index in [1.54, 1.807) is 32.0 Å². The van der Waals surface area contributed by atoms with Crippen LogP contribution < -0.4 is 10.6 Å². The average Bonchev–Trinajstić information content (AvgIpc) is 2.47. The van der Waals surface area contributed by atoms with Gasteiger partial charge < -0.3 is 5.73 Å². The molecule has 2 rings (SSSR count). The molecular formula is C13H13BrN2O2S. The van der Waals surface area contributed by atoms with Gasteiger partial charge in [-0.25, -0.2) is 4.90 Å². The van der Waals surface area contributed by atoms with E-state index >= 15 is 0 Å². The van der Waals surface area contributed by atoms with Gasteiger partial charge in [0.25, 0.3) is 0 Å². The lowest BCUT2D eigenvalue weighted by atomic mass is 9.92. The fourth-order valence-corrected chi connectivity index (χ4v) is 2.61. The number of hydrogen-bond acceptors (Lipinski definition) is 3. The second kappa shape index (κ2) is 4.68. The molecule has 0 radical (unpaired) electrons. The predicted octanol–water partition coefficient (Wildman–Crippen LogP) is 2.37. The monoisotopic (exact) mass is 340 g/mol. The molecule has 2 amide bonds. The zero-order chi connectivity index (χ0) is 14.4. The molecule has 0 aliphatic carbocycles. The van der Waals surface area contributed by atoms with Crippen LogP contribution in [0.5, 0.6) is 0 Å². The van der Waals surface area contributed by atoms with E-state index in [1.165, 1.54) is 4.90 Å². The topological polar surface area (TPSA) is 63.4 Å². The van der Waals surface area contributed by atoms with E-state index in [9.17, 15) is 9.59 Å². The van der Waals surface area contributed by atoms with Crippen LogP contribution in [0.3, 0.4) is 0 Å². The third-order valence-electron chi connectivity index (χ3n) is 3.09. The van der Waals surface area contributed by atoms with Crippen LogP contribution in [0.2, 0.25) is 0 Å². The number of nitrogens with zero attached hydrogens (tertiary/aromatic N) is 1. The first-order valence-electron chi connectivity index (χ1n) is 5.71. The van der Waals surface area contributed by atoms with E-state index in [0.717, 1.165) is 4.47 Å². The Labute approximate surface area is 125 Å². The van der Waals surface area contributed by atoms with Crippen LogP contribution in [0.1, 0.15) is 25.8 Å². The number of benzene rings is 1. The third-order valence-corrected chi connectivity index (χ3v) is 3.80. The van der Waals surface area contributed by atoms with Gasteiger partial charge in [0.05, 0.1) is 11.1 Å². The number of halogens is 1. The number of amides is 2. The van der Waals surface area contributed by atoms with Crippen molar-refractivity contribution in [3.63, 3.8) is 0 Å². The quantitative estimate of drug-likeness (QED) is 0.663. The van der Waals surface area contributed by atoms with Crippen molar-refractivity contribution in [2.24, 2.45) is 11.1 Å². The van der Waals surface area contributed by atoms with Gasteiger partial charge in [-0.1, -0.05) is 42.0 Å². The molecule has 1 heterocycles. The molecule has 2 N–H and O–H groups in total. The Balaban J connectivity index is 2.59. The van der Waals surface area contributed by atoms with Gasteiger partial charge in [0.2, 0.25) is 11.8 Å². The minimum Gasteiger partial charge on any atom is -0.389 e. The zero-order valence-electron chi connectivity index (χ0n) is 10.6. The fraction of sp³-hybridized carbons (Fsp3) is 0.308. The molecule has 1 aromatic carbocycles. The molecule has 1 aromatic rings. The summed E-state index contributed by atoms with van der Waals surface area (Å²) >= 11 is 8.30. The molecule has 1 fully saturated rings. The summed E-state index contributed by atoms with van der Waals surface area (Å²) < 4.78 is 0.757. The average molecular weight is 341 g/mol. The summed E-state index contributed by atoms with van der Waals surface area (Å²) in [6.45, 7) is 3.51. The Kier molecular flexibility index (Phi) is 3.49. The molecule has 6 heteroatoms. The number of imide groups is 1. The van der Waals surface area contributed by atoms with E-state index in [-0.39, 0.29) is 23.2 Å². The lowest BCUT2D eigenvalue weighted by molar-refractivity contribution is -0.124. The zero-order valence-corrected chi connectivity index (χ0v) is 13.0. The van der Waals surface area contributed by atoms with Gasteiger partial charge in [-0.3, -0.25) is 9.59 Å². The molecule has 100 valence electrons. The molecule has 0 unspecified atom stereocenters. The van der Waals surface area contributed by atoms with Crippen LogP contribution >= 0.6 is 28.1 Å². The molecule has 0 atom stereocenters. The first-order valence-corrected chi connectivity index (χ1v) is 6.91. The Bertz CT molecular complexity index is 598. The van der Waals surface area contributed by atoms with Crippen LogP contribution in [0.15, 0.2) is 22.7 Å². The number of rotatable bonds is 2. The molecule has 4 nitrogen and oxygen atoms in total. The maximum atomic E-state index is 12.3. The van der Waals surface area contributed by atoms with E-state index in [0.29, 0.717) is 11.3 Å². The van der Waals surface area contributed by atoms with Gasteiger partial charge in [-0.2, -0.15) is 0 Å². The smallest absolute Gasteiger partial charge is 0.239 e. The summed E-state index contributed by atoms with van der Waals surface area (Å²) in [4.78, 5) is 25.8. The van der Waals surface area contributed by atoms with E-state index in [4.69, 9.17) is 18.0 Å². The molecule has 19 heavy (non-hydrogen) atoms. The molecule has 0 saturated carbocycles. The van der Waals surface area contributed by atoms with Crippen molar-refractivity contribution in [2.75, 3.05) is 4.90 Å². The van der Waals surface area contributed by atoms with Gasteiger partial charge in [0.1, 0.15) is 4.99 Å². The summed E-state index contributed by atoms with van der Waals surface area (Å²) in [6.07, 6.45) is 0.190. The summed E-state index contributed by atoms with van der Waals surface area (Å²) in [5, 5.41) is 0. The van der Waals surface area contributed by atoms with Crippen molar-refractivity contribution in [1.29, 1.82) is 0 Å². The minimum atomic E-state index is -0.688. The first-order chi connectivity index (χ1) is 8.74. The van der Waals surface area contributed by atoms with Gasteiger partial charge in [-0.05, 0) is 18.2 Å². The normalized spacial score (nSPS) is 17.9. The Hall–Kier alpha value is -1.27. The summed E-state index contributed by atoms with van der Waals surface area (Å²) in [5.41, 5.74) is 5.94. The second-order valence-electron chi connectivity index (χ2n) is 5.12. The maximum Gasteiger partial charge on any atom is 0.239 e. The molecular weight excluding hydrogens is 328 g/mol. The van der Waals surface area contributed by atoms with Crippen molar-refractivity contribution in [3.05, 3.63) is 28.2 Å². The van der Waals surface area contributed by atoms with E-state index in [2.05, 4.69) is 15.9 Å². The van der Waals surface area contributed by atoms with Crippen LogP contribution in [0.4, 0.5) is 5.69 Å². The second-order valence-corrected chi connectivity index (χ2v) is 6.48. The molecule has 1 aliphatic heterocycles. The lowest BCUT2D eigenvalue weighted by Crippen LogP contribution is -2.34. The number of carbonyl (C=O) groups is 2. The standard InChI is InChI=1S/C13H13BrN2O2S/c1-13(2)6-10(17)16(12(13)18)9-5-7(14)3-4-8(9)11(15)19/h3-5H,6H2,1-2H3,(H2,15,19). The van der Waals surface area contributed by atoms with Crippen molar-refractivity contribution < 1.29 is 9.59 Å². The number of thiocarbonyl (C=S) groups is 1.